The Bertz CT molecular complexity index is 429. The van der Waals surface area contributed by atoms with Gasteiger partial charge in [0.2, 0.25) is 11.7 Å². The second-order valence-corrected chi connectivity index (χ2v) is 5.90. The Morgan fingerprint density at radius 3 is 2.67 bits per heavy atom. The molecular formula is C16H29N3O2. The average Bonchev–Trinajstić information content (AvgIpc) is 3.03. The van der Waals surface area contributed by atoms with Gasteiger partial charge in [-0.25, -0.2) is 0 Å². The summed E-state index contributed by atoms with van der Waals surface area (Å²) >= 11 is 0. The van der Waals surface area contributed by atoms with Crippen LogP contribution >= 0.6 is 0 Å². The normalized spacial score (nSPS) is 23.4. The Morgan fingerprint density at radius 2 is 2.05 bits per heavy atom. The molecule has 0 radical (unpaired) electrons. The highest BCUT2D eigenvalue weighted by Gasteiger charge is 2.36. The molecule has 0 amide bonds. The summed E-state index contributed by atoms with van der Waals surface area (Å²) in [5.41, 5.74) is -0.407. The zero-order valence-electron chi connectivity index (χ0n) is 13.8. The standard InChI is InChI=1S/C16H29N3O2/c1-5-12-9-10-17-13(11-12)14-18-15(19-21-14)16(6-2,7-3)20-8-4/h12-13,17H,5-11H2,1-4H3. The van der Waals surface area contributed by atoms with Gasteiger partial charge >= 0.3 is 0 Å². The first-order chi connectivity index (χ1) is 10.2. The van der Waals surface area contributed by atoms with Crippen LogP contribution in [-0.4, -0.2) is 23.3 Å². The van der Waals surface area contributed by atoms with Crippen molar-refractivity contribution >= 4 is 0 Å². The van der Waals surface area contributed by atoms with Gasteiger partial charge < -0.3 is 14.6 Å². The summed E-state index contributed by atoms with van der Waals surface area (Å²) in [4.78, 5) is 4.67. The zero-order chi connectivity index (χ0) is 15.3. The van der Waals surface area contributed by atoms with Crippen LogP contribution in [0.15, 0.2) is 4.52 Å². The van der Waals surface area contributed by atoms with Crippen molar-refractivity contribution in [1.82, 2.24) is 15.5 Å². The van der Waals surface area contributed by atoms with Gasteiger partial charge in [-0.05, 0) is 45.1 Å². The highest BCUT2D eigenvalue weighted by Crippen LogP contribution is 2.33. The van der Waals surface area contributed by atoms with Gasteiger partial charge in [0, 0.05) is 6.61 Å². The zero-order valence-corrected chi connectivity index (χ0v) is 13.8. The maximum atomic E-state index is 5.95. The van der Waals surface area contributed by atoms with E-state index in [1.54, 1.807) is 0 Å². The van der Waals surface area contributed by atoms with E-state index in [1.807, 2.05) is 6.92 Å². The summed E-state index contributed by atoms with van der Waals surface area (Å²) < 4.78 is 11.5. The lowest BCUT2D eigenvalue weighted by atomic mass is 9.90. The number of ether oxygens (including phenoxy) is 1. The lowest BCUT2D eigenvalue weighted by Crippen LogP contribution is -2.32. The molecule has 0 aromatic carbocycles. The molecule has 0 spiro atoms. The smallest absolute Gasteiger partial charge is 0.243 e. The van der Waals surface area contributed by atoms with Crippen molar-refractivity contribution in [3.63, 3.8) is 0 Å². The van der Waals surface area contributed by atoms with Crippen LogP contribution in [0.5, 0.6) is 0 Å². The van der Waals surface area contributed by atoms with Gasteiger partial charge in [-0.3, -0.25) is 0 Å². The first kappa shape index (κ1) is 16.4. The van der Waals surface area contributed by atoms with E-state index in [4.69, 9.17) is 9.26 Å². The number of piperidine rings is 1. The Balaban J connectivity index is 2.16. The maximum Gasteiger partial charge on any atom is 0.243 e. The third-order valence-electron chi connectivity index (χ3n) is 4.80. The highest BCUT2D eigenvalue weighted by molar-refractivity contribution is 5.04. The first-order valence-electron chi connectivity index (χ1n) is 8.40. The lowest BCUT2D eigenvalue weighted by molar-refractivity contribution is -0.0583. The Morgan fingerprint density at radius 1 is 1.29 bits per heavy atom. The minimum Gasteiger partial charge on any atom is -0.367 e. The van der Waals surface area contributed by atoms with E-state index in [9.17, 15) is 0 Å². The fourth-order valence-electron chi connectivity index (χ4n) is 3.23. The summed E-state index contributed by atoms with van der Waals surface area (Å²) in [6, 6.07) is 0.193. The molecule has 120 valence electrons. The van der Waals surface area contributed by atoms with E-state index in [0.29, 0.717) is 18.3 Å². The van der Waals surface area contributed by atoms with Crippen LogP contribution in [0, 0.1) is 5.92 Å². The van der Waals surface area contributed by atoms with E-state index in [0.717, 1.165) is 31.7 Å². The molecule has 2 unspecified atom stereocenters. The van der Waals surface area contributed by atoms with E-state index >= 15 is 0 Å². The van der Waals surface area contributed by atoms with Crippen molar-refractivity contribution in [3.05, 3.63) is 11.7 Å². The van der Waals surface area contributed by atoms with Gasteiger partial charge in [-0.2, -0.15) is 4.98 Å². The van der Waals surface area contributed by atoms with Crippen LogP contribution < -0.4 is 5.32 Å². The molecule has 1 aliphatic heterocycles. The minimum absolute atomic E-state index is 0.193. The fourth-order valence-corrected chi connectivity index (χ4v) is 3.23. The van der Waals surface area contributed by atoms with Gasteiger partial charge in [0.15, 0.2) is 0 Å². The van der Waals surface area contributed by atoms with Gasteiger partial charge in [-0.15, -0.1) is 0 Å². The van der Waals surface area contributed by atoms with E-state index in [2.05, 4.69) is 36.2 Å². The van der Waals surface area contributed by atoms with Crippen molar-refractivity contribution in [2.45, 2.75) is 71.4 Å². The van der Waals surface area contributed by atoms with E-state index in [1.165, 1.54) is 12.8 Å². The predicted molar refractivity (Wildman–Crippen MR) is 81.9 cm³/mol. The molecule has 1 saturated heterocycles. The molecule has 5 nitrogen and oxygen atoms in total. The quantitative estimate of drug-likeness (QED) is 0.833. The predicted octanol–water partition coefficient (Wildman–Crippen LogP) is 3.57. The van der Waals surface area contributed by atoms with E-state index in [-0.39, 0.29) is 6.04 Å². The van der Waals surface area contributed by atoms with Crippen LogP contribution in [0.3, 0.4) is 0 Å². The molecule has 2 heterocycles. The van der Waals surface area contributed by atoms with Gasteiger partial charge in [0.05, 0.1) is 6.04 Å². The molecule has 0 saturated carbocycles. The Hall–Kier alpha value is -0.940. The van der Waals surface area contributed by atoms with Gasteiger partial charge in [-0.1, -0.05) is 32.3 Å². The third-order valence-corrected chi connectivity index (χ3v) is 4.80. The van der Waals surface area contributed by atoms with Gasteiger partial charge in [0.1, 0.15) is 5.60 Å². The molecule has 2 atom stereocenters. The van der Waals surface area contributed by atoms with Crippen molar-refractivity contribution in [2.75, 3.05) is 13.2 Å². The number of hydrogen-bond acceptors (Lipinski definition) is 5. The molecule has 1 aromatic rings. The van der Waals surface area contributed by atoms with Crippen molar-refractivity contribution in [3.8, 4) is 0 Å². The largest absolute Gasteiger partial charge is 0.367 e. The monoisotopic (exact) mass is 295 g/mol. The second-order valence-electron chi connectivity index (χ2n) is 5.90. The highest BCUT2D eigenvalue weighted by atomic mass is 16.5. The summed E-state index contributed by atoms with van der Waals surface area (Å²) in [7, 11) is 0. The molecule has 1 N–H and O–H groups in total. The SMILES string of the molecule is CCOC(CC)(CC)c1noc(C2CC(CC)CCN2)n1. The molecular weight excluding hydrogens is 266 g/mol. The minimum atomic E-state index is -0.407. The Labute approximate surface area is 127 Å². The number of hydrogen-bond donors (Lipinski definition) is 1. The van der Waals surface area contributed by atoms with Crippen LogP contribution in [0.2, 0.25) is 0 Å². The van der Waals surface area contributed by atoms with Crippen LogP contribution in [0.25, 0.3) is 0 Å². The molecule has 0 bridgehead atoms. The summed E-state index contributed by atoms with van der Waals surface area (Å²) in [5, 5.41) is 7.72. The second kappa shape index (κ2) is 7.36. The summed E-state index contributed by atoms with van der Waals surface area (Å²) in [5.74, 6) is 2.17. The van der Waals surface area contributed by atoms with Crippen LogP contribution in [-0.2, 0) is 10.3 Å². The lowest BCUT2D eigenvalue weighted by Gasteiger charge is -2.28. The molecule has 0 aliphatic carbocycles. The number of nitrogens with zero attached hydrogens (tertiary/aromatic N) is 2. The summed E-state index contributed by atoms with van der Waals surface area (Å²) in [6.07, 6.45) is 5.24. The van der Waals surface area contributed by atoms with Crippen LogP contribution in [0.4, 0.5) is 0 Å². The topological polar surface area (TPSA) is 60.2 Å². The van der Waals surface area contributed by atoms with Crippen molar-refractivity contribution < 1.29 is 9.26 Å². The first-order valence-corrected chi connectivity index (χ1v) is 8.40. The molecule has 5 heteroatoms. The van der Waals surface area contributed by atoms with E-state index < -0.39 is 5.60 Å². The molecule has 1 aromatic heterocycles. The third kappa shape index (κ3) is 3.46. The fraction of sp³-hybridized carbons (Fsp3) is 0.875. The average molecular weight is 295 g/mol. The van der Waals surface area contributed by atoms with Gasteiger partial charge in [0.25, 0.3) is 0 Å². The van der Waals surface area contributed by atoms with Crippen molar-refractivity contribution in [1.29, 1.82) is 0 Å². The molecule has 1 fully saturated rings. The van der Waals surface area contributed by atoms with Crippen molar-refractivity contribution in [2.24, 2.45) is 5.92 Å². The van der Waals surface area contributed by atoms with Crippen LogP contribution in [0.1, 0.15) is 77.6 Å². The maximum absolute atomic E-state index is 5.95. The number of rotatable bonds is 7. The number of aromatic nitrogens is 2. The summed E-state index contributed by atoms with van der Waals surface area (Å²) in [6.45, 7) is 10.2. The molecule has 1 aliphatic rings. The molecule has 21 heavy (non-hydrogen) atoms. The Kier molecular flexibility index (Phi) is 5.76. The molecule has 2 rings (SSSR count). The number of nitrogens with one attached hydrogen (secondary N) is 1.